The minimum atomic E-state index is -0.0788. The van der Waals surface area contributed by atoms with Gasteiger partial charge >= 0.3 is 0 Å². The molecule has 0 aliphatic rings. The highest BCUT2D eigenvalue weighted by Gasteiger charge is 2.25. The molecule has 0 bridgehead atoms. The van der Waals surface area contributed by atoms with Gasteiger partial charge in [-0.2, -0.15) is 4.37 Å². The third-order valence-corrected chi connectivity index (χ3v) is 3.94. The van der Waals surface area contributed by atoms with E-state index in [0.717, 1.165) is 23.8 Å². The average Bonchev–Trinajstić information content (AvgIpc) is 2.66. The van der Waals surface area contributed by atoms with Gasteiger partial charge in [-0.25, -0.2) is 4.98 Å². The summed E-state index contributed by atoms with van der Waals surface area (Å²) in [5, 5.41) is 0.948. The molecular formula is C10H18ClN3S. The predicted octanol–water partition coefficient (Wildman–Crippen LogP) is 2.94. The molecular weight excluding hydrogens is 230 g/mol. The van der Waals surface area contributed by atoms with E-state index in [-0.39, 0.29) is 5.54 Å². The lowest BCUT2D eigenvalue weighted by Gasteiger charge is -2.33. The number of hydrogen-bond acceptors (Lipinski definition) is 4. The summed E-state index contributed by atoms with van der Waals surface area (Å²) in [4.78, 5) is 6.58. The van der Waals surface area contributed by atoms with E-state index in [9.17, 15) is 0 Å². The monoisotopic (exact) mass is 247 g/mol. The van der Waals surface area contributed by atoms with Gasteiger partial charge in [0.05, 0.1) is 0 Å². The smallest absolute Gasteiger partial charge is 0.205 e. The van der Waals surface area contributed by atoms with E-state index in [1.54, 1.807) is 0 Å². The number of halogens is 1. The largest absolute Gasteiger partial charge is 0.344 e. The van der Waals surface area contributed by atoms with Crippen LogP contribution in [0.3, 0.4) is 0 Å². The molecule has 1 aromatic heterocycles. The molecule has 1 heterocycles. The first-order valence-electron chi connectivity index (χ1n) is 5.13. The Morgan fingerprint density at radius 3 is 2.67 bits per heavy atom. The lowest BCUT2D eigenvalue weighted by molar-refractivity contribution is 0.543. The second-order valence-electron chi connectivity index (χ2n) is 4.25. The quantitative estimate of drug-likeness (QED) is 0.750. The first-order valence-corrected chi connectivity index (χ1v) is 6.44. The van der Waals surface area contributed by atoms with Crippen molar-refractivity contribution in [2.75, 3.05) is 17.8 Å². The summed E-state index contributed by atoms with van der Waals surface area (Å²) in [5.74, 6) is 1.52. The second kappa shape index (κ2) is 5.12. The highest BCUT2D eigenvalue weighted by Crippen LogP contribution is 2.25. The number of hydrogen-bond donors (Lipinski definition) is 0. The molecule has 5 heteroatoms. The summed E-state index contributed by atoms with van der Waals surface area (Å²) in [6.07, 6.45) is 2.03. The Morgan fingerprint density at radius 1 is 1.47 bits per heavy atom. The molecule has 0 unspecified atom stereocenters. The summed E-state index contributed by atoms with van der Waals surface area (Å²) in [7, 11) is 2.01. The zero-order valence-electron chi connectivity index (χ0n) is 9.75. The van der Waals surface area contributed by atoms with Gasteiger partial charge in [-0.1, -0.05) is 6.92 Å². The summed E-state index contributed by atoms with van der Waals surface area (Å²) >= 11 is 7.37. The molecule has 86 valence electrons. The number of nitrogens with zero attached hydrogens (tertiary/aromatic N) is 3. The van der Waals surface area contributed by atoms with Crippen LogP contribution in [0.4, 0.5) is 5.13 Å². The van der Waals surface area contributed by atoms with Crippen LogP contribution in [0, 0.1) is 0 Å². The average molecular weight is 248 g/mol. The summed E-state index contributed by atoms with van der Waals surface area (Å²) in [5.41, 5.74) is -0.0788. The Labute approximate surface area is 101 Å². The van der Waals surface area contributed by atoms with Crippen LogP contribution in [-0.4, -0.2) is 27.8 Å². The lowest BCUT2D eigenvalue weighted by Crippen LogP contribution is -2.42. The summed E-state index contributed by atoms with van der Waals surface area (Å²) in [6, 6.07) is 0. The number of aromatic nitrogens is 2. The highest BCUT2D eigenvalue weighted by molar-refractivity contribution is 7.09. The molecule has 0 radical (unpaired) electrons. The van der Waals surface area contributed by atoms with E-state index >= 15 is 0 Å². The van der Waals surface area contributed by atoms with E-state index in [1.165, 1.54) is 11.5 Å². The zero-order valence-corrected chi connectivity index (χ0v) is 11.3. The normalized spacial score (nSPS) is 11.8. The fourth-order valence-corrected chi connectivity index (χ4v) is 2.07. The van der Waals surface area contributed by atoms with Crippen LogP contribution in [0.25, 0.3) is 0 Å². The van der Waals surface area contributed by atoms with Gasteiger partial charge < -0.3 is 4.90 Å². The van der Waals surface area contributed by atoms with Crippen molar-refractivity contribution in [3.05, 3.63) is 5.82 Å². The van der Waals surface area contributed by atoms with E-state index in [1.807, 2.05) is 7.05 Å². The molecule has 0 fully saturated rings. The third kappa shape index (κ3) is 3.05. The second-order valence-corrected chi connectivity index (χ2v) is 5.25. The topological polar surface area (TPSA) is 29.0 Å². The minimum Gasteiger partial charge on any atom is -0.344 e. The highest BCUT2D eigenvalue weighted by atomic mass is 35.5. The molecule has 1 aromatic rings. The van der Waals surface area contributed by atoms with Crippen molar-refractivity contribution in [3.63, 3.8) is 0 Å². The van der Waals surface area contributed by atoms with Crippen LogP contribution >= 0.6 is 23.1 Å². The van der Waals surface area contributed by atoms with Crippen molar-refractivity contribution in [1.82, 2.24) is 9.36 Å². The van der Waals surface area contributed by atoms with Gasteiger partial charge in [0.2, 0.25) is 5.13 Å². The van der Waals surface area contributed by atoms with Gasteiger partial charge in [-0.15, -0.1) is 11.6 Å². The Kier molecular flexibility index (Phi) is 4.34. The molecule has 0 atom stereocenters. The molecule has 0 aliphatic heterocycles. The standard InChI is InChI=1S/C10H18ClN3S/c1-5-6-8-12-9(15-13-8)14(4)10(2,3)7-11/h5-7H2,1-4H3. The van der Waals surface area contributed by atoms with Crippen molar-refractivity contribution in [2.45, 2.75) is 39.2 Å². The van der Waals surface area contributed by atoms with Crippen molar-refractivity contribution >= 4 is 28.3 Å². The first-order chi connectivity index (χ1) is 7.01. The summed E-state index contributed by atoms with van der Waals surface area (Å²) in [6.45, 7) is 6.33. The fourth-order valence-electron chi connectivity index (χ4n) is 1.05. The number of alkyl halides is 1. The maximum absolute atomic E-state index is 5.92. The molecule has 15 heavy (non-hydrogen) atoms. The zero-order chi connectivity index (χ0) is 11.5. The fraction of sp³-hybridized carbons (Fsp3) is 0.800. The molecule has 1 rings (SSSR count). The Balaban J connectivity index is 2.78. The van der Waals surface area contributed by atoms with Crippen LogP contribution in [0.2, 0.25) is 0 Å². The first kappa shape index (κ1) is 12.7. The molecule has 0 aromatic carbocycles. The van der Waals surface area contributed by atoms with Crippen molar-refractivity contribution in [3.8, 4) is 0 Å². The van der Waals surface area contributed by atoms with E-state index in [4.69, 9.17) is 11.6 Å². The maximum atomic E-state index is 5.92. The van der Waals surface area contributed by atoms with Crippen LogP contribution in [0.15, 0.2) is 0 Å². The number of aryl methyl sites for hydroxylation is 1. The molecule has 0 saturated carbocycles. The van der Waals surface area contributed by atoms with Gasteiger partial charge in [-0.05, 0) is 20.3 Å². The molecule has 0 N–H and O–H groups in total. The Morgan fingerprint density at radius 2 is 2.13 bits per heavy atom. The lowest BCUT2D eigenvalue weighted by atomic mass is 10.1. The SMILES string of the molecule is CCCc1nsc(N(C)C(C)(C)CCl)n1. The van der Waals surface area contributed by atoms with Gasteiger partial charge in [-0.3, -0.25) is 0 Å². The van der Waals surface area contributed by atoms with E-state index in [0.29, 0.717) is 5.88 Å². The van der Waals surface area contributed by atoms with Crippen LogP contribution < -0.4 is 4.90 Å². The maximum Gasteiger partial charge on any atom is 0.205 e. The van der Waals surface area contributed by atoms with Gasteiger partial charge in [0.1, 0.15) is 5.82 Å². The van der Waals surface area contributed by atoms with Crippen LogP contribution in [0.1, 0.15) is 33.0 Å². The third-order valence-electron chi connectivity index (χ3n) is 2.45. The van der Waals surface area contributed by atoms with Gasteiger partial charge in [0, 0.05) is 36.4 Å². The van der Waals surface area contributed by atoms with Gasteiger partial charge in [0.15, 0.2) is 0 Å². The molecule has 0 aliphatic carbocycles. The molecule has 3 nitrogen and oxygen atoms in total. The van der Waals surface area contributed by atoms with E-state index in [2.05, 4.69) is 35.0 Å². The predicted molar refractivity (Wildman–Crippen MR) is 67.1 cm³/mol. The van der Waals surface area contributed by atoms with Crippen molar-refractivity contribution in [2.24, 2.45) is 0 Å². The number of rotatable bonds is 5. The minimum absolute atomic E-state index is 0.0788. The summed E-state index contributed by atoms with van der Waals surface area (Å²) < 4.78 is 4.32. The van der Waals surface area contributed by atoms with E-state index < -0.39 is 0 Å². The Hall–Kier alpha value is -0.350. The van der Waals surface area contributed by atoms with Gasteiger partial charge in [0.25, 0.3) is 0 Å². The number of anilines is 1. The van der Waals surface area contributed by atoms with Crippen molar-refractivity contribution in [1.29, 1.82) is 0 Å². The van der Waals surface area contributed by atoms with Crippen LogP contribution in [-0.2, 0) is 6.42 Å². The van der Waals surface area contributed by atoms with Crippen molar-refractivity contribution < 1.29 is 0 Å². The Bertz CT molecular complexity index is 311. The molecule has 0 saturated heterocycles. The molecule has 0 amide bonds. The molecule has 0 spiro atoms. The van der Waals surface area contributed by atoms with Crippen LogP contribution in [0.5, 0.6) is 0 Å².